The van der Waals surface area contributed by atoms with Gasteiger partial charge in [0.15, 0.2) is 11.5 Å². The lowest BCUT2D eigenvalue weighted by atomic mass is 10.00. The summed E-state index contributed by atoms with van der Waals surface area (Å²) in [5.41, 5.74) is 1.52. The molecule has 0 saturated heterocycles. The lowest BCUT2D eigenvalue weighted by molar-refractivity contribution is -0.138. The Morgan fingerprint density at radius 2 is 2.27 bits per heavy atom. The van der Waals surface area contributed by atoms with Crippen molar-refractivity contribution >= 4 is 12.0 Å². The van der Waals surface area contributed by atoms with Crippen LogP contribution in [0.2, 0.25) is 0 Å². The molecule has 1 atom stereocenters. The highest BCUT2D eigenvalue weighted by Crippen LogP contribution is 2.38. The molecule has 114 valence electrons. The van der Waals surface area contributed by atoms with Gasteiger partial charge in [0, 0.05) is 5.56 Å². The molecule has 1 aromatic rings. The second-order valence-electron chi connectivity index (χ2n) is 4.67. The third kappa shape index (κ3) is 3.12. The maximum absolute atomic E-state index is 11.7. The minimum Gasteiger partial charge on any atom is -0.493 e. The summed E-state index contributed by atoms with van der Waals surface area (Å²) in [7, 11) is 1.58. The van der Waals surface area contributed by atoms with Gasteiger partial charge in [0.2, 0.25) is 0 Å². The van der Waals surface area contributed by atoms with Gasteiger partial charge in [-0.15, -0.1) is 0 Å². The van der Waals surface area contributed by atoms with Crippen molar-refractivity contribution in [3.63, 3.8) is 0 Å². The van der Waals surface area contributed by atoms with Crippen LogP contribution in [-0.2, 0) is 9.53 Å². The Morgan fingerprint density at radius 3 is 2.91 bits per heavy atom. The Bertz CT molecular complexity index is 682. The predicted molar refractivity (Wildman–Crippen MR) is 81.4 cm³/mol. The van der Waals surface area contributed by atoms with Crippen LogP contribution in [0.3, 0.4) is 0 Å². The summed E-state index contributed by atoms with van der Waals surface area (Å²) in [5, 5.41) is 9.11. The van der Waals surface area contributed by atoms with Crippen LogP contribution in [0.25, 0.3) is 6.08 Å². The third-order valence-electron chi connectivity index (χ3n) is 3.24. The van der Waals surface area contributed by atoms with E-state index in [1.807, 2.05) is 37.3 Å². The van der Waals surface area contributed by atoms with Gasteiger partial charge in [-0.05, 0) is 37.6 Å². The highest BCUT2D eigenvalue weighted by atomic mass is 16.5. The number of nitrogens with zero attached hydrogens (tertiary/aromatic N) is 1. The number of esters is 1. The zero-order valence-electron chi connectivity index (χ0n) is 12.8. The summed E-state index contributed by atoms with van der Waals surface area (Å²) in [6, 6.07) is 7.42. The Balaban J connectivity index is 2.41. The van der Waals surface area contributed by atoms with Crippen molar-refractivity contribution in [2.45, 2.75) is 20.0 Å². The molecule has 5 heteroatoms. The molecule has 1 unspecified atom stereocenters. The first-order valence-electron chi connectivity index (χ1n) is 6.94. The second-order valence-corrected chi connectivity index (χ2v) is 4.67. The molecule has 0 spiro atoms. The molecule has 0 bridgehead atoms. The highest BCUT2D eigenvalue weighted by molar-refractivity contribution is 5.93. The summed E-state index contributed by atoms with van der Waals surface area (Å²) < 4.78 is 16.0. The van der Waals surface area contributed by atoms with Gasteiger partial charge in [0.25, 0.3) is 0 Å². The number of ether oxygens (including phenoxy) is 3. The molecule has 0 radical (unpaired) electrons. The monoisotopic (exact) mass is 299 g/mol. The predicted octanol–water partition coefficient (Wildman–Crippen LogP) is 2.87. The number of carbonyl (C=O) groups is 1. The average molecular weight is 299 g/mol. The number of nitriles is 1. The lowest BCUT2D eigenvalue weighted by Gasteiger charge is -2.24. The van der Waals surface area contributed by atoms with Crippen LogP contribution in [0.1, 0.15) is 19.4 Å². The standard InChI is InChI=1S/C17H17NO4/c1-4-21-17(19)14(10-18)9-13-8-12-6-5-7-15(20-3)16(12)22-11(13)2/h5-9,11H,4H2,1-3H3/b14-9-. The van der Waals surface area contributed by atoms with E-state index in [4.69, 9.17) is 19.5 Å². The summed E-state index contributed by atoms with van der Waals surface area (Å²) in [6.45, 7) is 3.77. The molecule has 22 heavy (non-hydrogen) atoms. The minimum absolute atomic E-state index is 0.0464. The maximum atomic E-state index is 11.7. The molecule has 1 heterocycles. The van der Waals surface area contributed by atoms with Crippen LogP contribution >= 0.6 is 0 Å². The molecule has 0 aliphatic carbocycles. The zero-order valence-corrected chi connectivity index (χ0v) is 12.8. The number of carbonyl (C=O) groups excluding carboxylic acids is 1. The van der Waals surface area contributed by atoms with Crippen molar-refractivity contribution in [1.82, 2.24) is 0 Å². The molecule has 1 aromatic carbocycles. The van der Waals surface area contributed by atoms with Crippen molar-refractivity contribution < 1.29 is 19.0 Å². The van der Waals surface area contributed by atoms with Crippen LogP contribution in [-0.4, -0.2) is 25.8 Å². The van der Waals surface area contributed by atoms with Gasteiger partial charge in [-0.25, -0.2) is 4.79 Å². The molecule has 5 nitrogen and oxygen atoms in total. The third-order valence-corrected chi connectivity index (χ3v) is 3.24. The van der Waals surface area contributed by atoms with E-state index in [0.717, 1.165) is 11.1 Å². The Kier molecular flexibility index (Phi) is 4.84. The lowest BCUT2D eigenvalue weighted by Crippen LogP contribution is -2.19. The van der Waals surface area contributed by atoms with Crippen molar-refractivity contribution in [3.05, 3.63) is 41.0 Å². The summed E-state index contributed by atoms with van der Waals surface area (Å²) in [6.07, 6.45) is 3.08. The summed E-state index contributed by atoms with van der Waals surface area (Å²) in [4.78, 5) is 11.7. The van der Waals surface area contributed by atoms with Crippen LogP contribution in [0.5, 0.6) is 11.5 Å². The van der Waals surface area contributed by atoms with Crippen molar-refractivity contribution in [2.24, 2.45) is 0 Å². The molecular formula is C17H17NO4. The fourth-order valence-electron chi connectivity index (χ4n) is 2.15. The molecule has 0 amide bonds. The van der Waals surface area contributed by atoms with E-state index in [-0.39, 0.29) is 18.3 Å². The number of hydrogen-bond donors (Lipinski definition) is 0. The zero-order chi connectivity index (χ0) is 16.1. The number of hydrogen-bond acceptors (Lipinski definition) is 5. The van der Waals surface area contributed by atoms with Gasteiger partial charge >= 0.3 is 5.97 Å². The van der Waals surface area contributed by atoms with Gasteiger partial charge in [0.05, 0.1) is 13.7 Å². The van der Waals surface area contributed by atoms with E-state index in [9.17, 15) is 4.79 Å². The molecular weight excluding hydrogens is 282 g/mol. The molecule has 1 aliphatic rings. The molecule has 0 fully saturated rings. The van der Waals surface area contributed by atoms with Crippen LogP contribution < -0.4 is 9.47 Å². The topological polar surface area (TPSA) is 68.6 Å². The molecule has 1 aliphatic heterocycles. The summed E-state index contributed by atoms with van der Waals surface area (Å²) in [5.74, 6) is 0.674. The van der Waals surface area contributed by atoms with Crippen molar-refractivity contribution in [2.75, 3.05) is 13.7 Å². The van der Waals surface area contributed by atoms with E-state index >= 15 is 0 Å². The minimum atomic E-state index is -0.630. The number of methoxy groups -OCH3 is 1. The Morgan fingerprint density at radius 1 is 1.50 bits per heavy atom. The quantitative estimate of drug-likeness (QED) is 0.486. The van der Waals surface area contributed by atoms with E-state index in [1.54, 1.807) is 14.0 Å². The maximum Gasteiger partial charge on any atom is 0.348 e. The summed E-state index contributed by atoms with van der Waals surface area (Å²) >= 11 is 0. The largest absolute Gasteiger partial charge is 0.493 e. The Labute approximate surface area is 129 Å². The number of para-hydroxylation sites is 1. The first-order chi connectivity index (χ1) is 10.6. The Hall–Kier alpha value is -2.74. The smallest absolute Gasteiger partial charge is 0.348 e. The van der Waals surface area contributed by atoms with Crippen molar-refractivity contribution in [3.8, 4) is 17.6 Å². The highest BCUT2D eigenvalue weighted by Gasteiger charge is 2.22. The molecule has 2 rings (SSSR count). The number of rotatable bonds is 4. The van der Waals surface area contributed by atoms with Gasteiger partial charge in [-0.2, -0.15) is 5.26 Å². The van der Waals surface area contributed by atoms with Crippen molar-refractivity contribution in [1.29, 1.82) is 5.26 Å². The van der Waals surface area contributed by atoms with E-state index in [1.165, 1.54) is 6.08 Å². The molecule has 0 N–H and O–H groups in total. The SMILES string of the molecule is CCOC(=O)/C(C#N)=C\C1=Cc2cccc(OC)c2OC1C. The number of fused-ring (bicyclic) bond motifs is 1. The van der Waals surface area contributed by atoms with Gasteiger partial charge in [0.1, 0.15) is 17.7 Å². The normalized spacial score (nSPS) is 16.7. The fourth-order valence-corrected chi connectivity index (χ4v) is 2.15. The van der Waals surface area contributed by atoms with E-state index < -0.39 is 5.97 Å². The van der Waals surface area contributed by atoms with E-state index in [0.29, 0.717) is 11.5 Å². The van der Waals surface area contributed by atoms with E-state index in [2.05, 4.69) is 0 Å². The van der Waals surface area contributed by atoms with Crippen LogP contribution in [0.4, 0.5) is 0 Å². The fraction of sp³-hybridized carbons (Fsp3) is 0.294. The molecule has 0 aromatic heterocycles. The second kappa shape index (κ2) is 6.81. The van der Waals surface area contributed by atoms with Gasteiger partial charge < -0.3 is 14.2 Å². The van der Waals surface area contributed by atoms with Gasteiger partial charge in [-0.3, -0.25) is 0 Å². The first kappa shape index (κ1) is 15.6. The van der Waals surface area contributed by atoms with Crippen LogP contribution in [0, 0.1) is 11.3 Å². The van der Waals surface area contributed by atoms with Crippen LogP contribution in [0.15, 0.2) is 35.4 Å². The van der Waals surface area contributed by atoms with Gasteiger partial charge in [-0.1, -0.05) is 12.1 Å². The molecule has 0 saturated carbocycles. The first-order valence-corrected chi connectivity index (χ1v) is 6.94. The average Bonchev–Trinajstić information content (AvgIpc) is 2.52. The number of benzene rings is 1.